The van der Waals surface area contributed by atoms with Crippen molar-refractivity contribution >= 4 is 5.91 Å². The minimum Gasteiger partial charge on any atom is -0.339 e. The van der Waals surface area contributed by atoms with Gasteiger partial charge in [-0.1, -0.05) is 33.6 Å². The Balaban J connectivity index is 2.14. The largest absolute Gasteiger partial charge is 0.339 e. The van der Waals surface area contributed by atoms with E-state index in [9.17, 15) is 4.79 Å². The molecule has 1 heterocycles. The second kappa shape index (κ2) is 7.13. The highest BCUT2D eigenvalue weighted by Crippen LogP contribution is 2.43. The molecule has 1 saturated carbocycles. The van der Waals surface area contributed by atoms with E-state index in [0.29, 0.717) is 23.3 Å². The smallest absolute Gasteiger partial charge is 0.222 e. The summed E-state index contributed by atoms with van der Waals surface area (Å²) in [4.78, 5) is 14.7. The molecule has 1 amide bonds. The summed E-state index contributed by atoms with van der Waals surface area (Å²) in [5.74, 6) is 1.62. The number of likely N-dealkylation sites (tertiary alicyclic amines) is 1. The molecular weight excluding hydrogens is 260 g/mol. The highest BCUT2D eigenvalue weighted by Gasteiger charge is 2.40. The second-order valence-electron chi connectivity index (χ2n) is 7.81. The number of amides is 1. The van der Waals surface area contributed by atoms with Gasteiger partial charge in [0.15, 0.2) is 0 Å². The number of hydrogen-bond acceptors (Lipinski definition) is 2. The van der Waals surface area contributed by atoms with E-state index < -0.39 is 0 Å². The lowest BCUT2D eigenvalue weighted by molar-refractivity contribution is -0.135. The van der Waals surface area contributed by atoms with Crippen molar-refractivity contribution in [2.45, 2.75) is 78.2 Å². The Morgan fingerprint density at radius 1 is 1.24 bits per heavy atom. The SMILES string of the molecule is CCC(C)(C)C1CCC(CN)C(N2CCCCCC2=O)C1. The maximum atomic E-state index is 12.5. The van der Waals surface area contributed by atoms with E-state index in [1.54, 1.807) is 0 Å². The van der Waals surface area contributed by atoms with Crippen LogP contribution in [0.3, 0.4) is 0 Å². The van der Waals surface area contributed by atoms with Crippen LogP contribution in [0.4, 0.5) is 0 Å². The van der Waals surface area contributed by atoms with Crippen molar-refractivity contribution in [3.8, 4) is 0 Å². The zero-order valence-corrected chi connectivity index (χ0v) is 14.2. The molecule has 122 valence electrons. The molecule has 0 spiro atoms. The average molecular weight is 294 g/mol. The Bertz CT molecular complexity index is 353. The Labute approximate surface area is 130 Å². The zero-order valence-electron chi connectivity index (χ0n) is 14.2. The Hall–Kier alpha value is -0.570. The van der Waals surface area contributed by atoms with E-state index in [-0.39, 0.29) is 0 Å². The van der Waals surface area contributed by atoms with Gasteiger partial charge in [-0.3, -0.25) is 4.79 Å². The van der Waals surface area contributed by atoms with Crippen molar-refractivity contribution in [3.63, 3.8) is 0 Å². The van der Waals surface area contributed by atoms with Gasteiger partial charge in [0.2, 0.25) is 5.91 Å². The van der Waals surface area contributed by atoms with Crippen LogP contribution >= 0.6 is 0 Å². The van der Waals surface area contributed by atoms with Crippen LogP contribution in [0.25, 0.3) is 0 Å². The standard InChI is InChI=1S/C18H34N2O/c1-4-18(2,3)15-10-9-14(13-19)16(12-15)20-11-7-5-6-8-17(20)21/h14-16H,4-13,19H2,1-3H3. The Kier molecular flexibility index (Phi) is 5.70. The first-order valence-electron chi connectivity index (χ1n) is 8.99. The van der Waals surface area contributed by atoms with Crippen molar-refractivity contribution in [1.29, 1.82) is 0 Å². The van der Waals surface area contributed by atoms with Gasteiger partial charge in [-0.05, 0) is 55.9 Å². The number of hydrogen-bond donors (Lipinski definition) is 1. The van der Waals surface area contributed by atoms with Gasteiger partial charge in [0.25, 0.3) is 0 Å². The van der Waals surface area contributed by atoms with Crippen LogP contribution in [0, 0.1) is 17.3 Å². The van der Waals surface area contributed by atoms with Crippen LogP contribution in [-0.4, -0.2) is 29.9 Å². The predicted octanol–water partition coefficient (Wildman–Crippen LogP) is 3.57. The fourth-order valence-corrected chi connectivity index (χ4v) is 4.22. The third kappa shape index (κ3) is 3.80. The molecule has 1 saturated heterocycles. The van der Waals surface area contributed by atoms with E-state index in [1.807, 2.05) is 0 Å². The molecule has 2 aliphatic rings. The maximum absolute atomic E-state index is 12.5. The molecule has 1 aliphatic heterocycles. The van der Waals surface area contributed by atoms with Crippen LogP contribution in [-0.2, 0) is 4.79 Å². The van der Waals surface area contributed by atoms with Crippen molar-refractivity contribution in [2.24, 2.45) is 23.0 Å². The van der Waals surface area contributed by atoms with Crippen LogP contribution in [0.1, 0.15) is 72.1 Å². The van der Waals surface area contributed by atoms with Gasteiger partial charge in [0.05, 0.1) is 0 Å². The lowest BCUT2D eigenvalue weighted by Crippen LogP contribution is -2.51. The number of nitrogens with zero attached hydrogens (tertiary/aromatic N) is 1. The molecule has 0 radical (unpaired) electrons. The normalized spacial score (nSPS) is 32.1. The molecule has 3 nitrogen and oxygen atoms in total. The third-order valence-electron chi connectivity index (χ3n) is 6.29. The van der Waals surface area contributed by atoms with Gasteiger partial charge in [-0.25, -0.2) is 0 Å². The second-order valence-corrected chi connectivity index (χ2v) is 7.81. The molecule has 1 aliphatic carbocycles. The van der Waals surface area contributed by atoms with Gasteiger partial charge in [-0.2, -0.15) is 0 Å². The predicted molar refractivity (Wildman–Crippen MR) is 87.9 cm³/mol. The summed E-state index contributed by atoms with van der Waals surface area (Å²) in [6.07, 6.45) is 9.03. The monoisotopic (exact) mass is 294 g/mol. The minimum absolute atomic E-state index is 0.380. The van der Waals surface area contributed by atoms with Crippen molar-refractivity contribution in [1.82, 2.24) is 4.90 Å². The molecular formula is C18H34N2O. The van der Waals surface area contributed by atoms with Crippen LogP contribution in [0.15, 0.2) is 0 Å². The lowest BCUT2D eigenvalue weighted by Gasteiger charge is -2.46. The quantitative estimate of drug-likeness (QED) is 0.861. The average Bonchev–Trinajstić information content (AvgIpc) is 2.71. The Morgan fingerprint density at radius 3 is 2.67 bits per heavy atom. The van der Waals surface area contributed by atoms with Crippen LogP contribution in [0.5, 0.6) is 0 Å². The number of carbonyl (C=O) groups excluding carboxylic acids is 1. The van der Waals surface area contributed by atoms with Crippen LogP contribution in [0.2, 0.25) is 0 Å². The number of rotatable bonds is 4. The van der Waals surface area contributed by atoms with E-state index in [2.05, 4.69) is 25.7 Å². The van der Waals surface area contributed by atoms with E-state index in [1.165, 1.54) is 32.1 Å². The van der Waals surface area contributed by atoms with Crippen LogP contribution < -0.4 is 5.73 Å². The molecule has 2 fully saturated rings. The summed E-state index contributed by atoms with van der Waals surface area (Å²) < 4.78 is 0. The fraction of sp³-hybridized carbons (Fsp3) is 0.944. The van der Waals surface area contributed by atoms with Crippen molar-refractivity contribution < 1.29 is 4.79 Å². The van der Waals surface area contributed by atoms with Gasteiger partial charge >= 0.3 is 0 Å². The first-order valence-corrected chi connectivity index (χ1v) is 8.99. The van der Waals surface area contributed by atoms with E-state index in [0.717, 1.165) is 38.3 Å². The van der Waals surface area contributed by atoms with E-state index >= 15 is 0 Å². The summed E-state index contributed by atoms with van der Waals surface area (Å²) in [6.45, 7) is 8.76. The summed E-state index contributed by atoms with van der Waals surface area (Å²) in [7, 11) is 0. The molecule has 3 atom stereocenters. The third-order valence-corrected chi connectivity index (χ3v) is 6.29. The summed E-state index contributed by atoms with van der Waals surface area (Å²) in [5, 5.41) is 0. The molecule has 3 heteroatoms. The molecule has 2 N–H and O–H groups in total. The topological polar surface area (TPSA) is 46.3 Å². The highest BCUT2D eigenvalue weighted by atomic mass is 16.2. The molecule has 0 aromatic carbocycles. The van der Waals surface area contributed by atoms with Gasteiger partial charge < -0.3 is 10.6 Å². The molecule has 2 rings (SSSR count). The molecule has 21 heavy (non-hydrogen) atoms. The van der Waals surface area contributed by atoms with Gasteiger partial charge in [0.1, 0.15) is 0 Å². The highest BCUT2D eigenvalue weighted by molar-refractivity contribution is 5.76. The first-order chi connectivity index (χ1) is 9.99. The minimum atomic E-state index is 0.380. The van der Waals surface area contributed by atoms with Gasteiger partial charge in [0, 0.05) is 19.0 Å². The molecule has 0 aromatic rings. The van der Waals surface area contributed by atoms with Crippen molar-refractivity contribution in [2.75, 3.05) is 13.1 Å². The fourth-order valence-electron chi connectivity index (χ4n) is 4.22. The molecule has 0 bridgehead atoms. The number of carbonyl (C=O) groups is 1. The van der Waals surface area contributed by atoms with Gasteiger partial charge in [-0.15, -0.1) is 0 Å². The first kappa shape index (κ1) is 16.8. The maximum Gasteiger partial charge on any atom is 0.222 e. The summed E-state index contributed by atoms with van der Waals surface area (Å²) in [6, 6.07) is 0.394. The number of nitrogens with two attached hydrogens (primary N) is 1. The molecule has 0 aromatic heterocycles. The summed E-state index contributed by atoms with van der Waals surface area (Å²) >= 11 is 0. The molecule has 3 unspecified atom stereocenters. The zero-order chi connectivity index (χ0) is 15.5. The summed E-state index contributed by atoms with van der Waals surface area (Å²) in [5.41, 5.74) is 6.42. The van der Waals surface area contributed by atoms with E-state index in [4.69, 9.17) is 5.73 Å². The Morgan fingerprint density at radius 2 is 2.00 bits per heavy atom. The van der Waals surface area contributed by atoms with Crippen molar-refractivity contribution in [3.05, 3.63) is 0 Å². The lowest BCUT2D eigenvalue weighted by atomic mass is 9.65.